The Hall–Kier alpha value is -4.33. The van der Waals surface area contributed by atoms with Crippen molar-refractivity contribution in [3.05, 3.63) is 77.9 Å². The van der Waals surface area contributed by atoms with E-state index in [1.165, 1.54) is 14.0 Å². The number of carbonyl (C=O) groups is 4. The number of aromatic nitrogens is 2. The van der Waals surface area contributed by atoms with Gasteiger partial charge in [-0.15, -0.1) is 0 Å². The number of H-pyrrole nitrogens is 2. The number of rotatable bonds is 7. The van der Waals surface area contributed by atoms with Crippen LogP contribution in [0.25, 0.3) is 0 Å². The van der Waals surface area contributed by atoms with Crippen LogP contribution in [0.1, 0.15) is 50.2 Å². The van der Waals surface area contributed by atoms with Crippen LogP contribution in [0.2, 0.25) is 0 Å². The number of fused-ring (bicyclic) bond motifs is 6. The Morgan fingerprint density at radius 1 is 1.12 bits per heavy atom. The van der Waals surface area contributed by atoms with E-state index in [2.05, 4.69) is 9.97 Å². The molecule has 2 saturated carbocycles. The number of hydrogen-bond donors (Lipinski definition) is 3. The third-order valence-corrected chi connectivity index (χ3v) is 11.3. The van der Waals surface area contributed by atoms with Gasteiger partial charge < -0.3 is 38.9 Å². The van der Waals surface area contributed by atoms with Gasteiger partial charge in [0.25, 0.3) is 0 Å². The molecular weight excluding hydrogens is 648 g/mol. The molecule has 6 rings (SSSR count). The van der Waals surface area contributed by atoms with Gasteiger partial charge in [-0.25, -0.2) is 24.2 Å². The van der Waals surface area contributed by atoms with E-state index in [1.807, 2.05) is 19.1 Å². The zero-order chi connectivity index (χ0) is 35.9. The predicted molar refractivity (Wildman–Crippen MR) is 173 cm³/mol. The van der Waals surface area contributed by atoms with Gasteiger partial charge in [-0.2, -0.15) is 0 Å². The van der Waals surface area contributed by atoms with Gasteiger partial charge in [0, 0.05) is 60.6 Å². The Bertz CT molecular complexity index is 1640. The minimum absolute atomic E-state index is 0.0733. The minimum Gasteiger partial charge on any atom is -0.457 e. The summed E-state index contributed by atoms with van der Waals surface area (Å²) in [5.74, 6) is -6.47. The molecule has 0 saturated heterocycles. The molecule has 4 N–H and O–H groups in total. The molecule has 2 aromatic rings. The molecule has 0 spiro atoms. The average Bonchev–Trinajstić information content (AvgIpc) is 3.70. The van der Waals surface area contributed by atoms with Crippen LogP contribution >= 0.6 is 0 Å². The third kappa shape index (κ3) is 6.26. The lowest BCUT2D eigenvalue weighted by Gasteiger charge is -2.61. The van der Waals surface area contributed by atoms with Crippen molar-refractivity contribution >= 4 is 23.9 Å². The first-order chi connectivity index (χ1) is 23.9. The number of esters is 4. The van der Waals surface area contributed by atoms with E-state index in [-0.39, 0.29) is 36.7 Å². The summed E-state index contributed by atoms with van der Waals surface area (Å²) in [6, 6.07) is 6.73. The molecule has 0 bridgehead atoms. The molecule has 2 fully saturated rings. The highest BCUT2D eigenvalue weighted by Crippen LogP contribution is 2.66. The lowest BCUT2D eigenvalue weighted by molar-refractivity contribution is -0.378. The van der Waals surface area contributed by atoms with Crippen molar-refractivity contribution in [2.45, 2.75) is 76.8 Å². The Morgan fingerprint density at radius 3 is 2.54 bits per heavy atom. The van der Waals surface area contributed by atoms with Crippen molar-refractivity contribution in [2.24, 2.45) is 41.4 Å². The maximum absolute atomic E-state index is 13.5. The monoisotopic (exact) mass is 693 g/mol. The number of hydrogen-bond acceptors (Lipinski definition) is 11. The molecule has 13 heteroatoms. The summed E-state index contributed by atoms with van der Waals surface area (Å²) in [5, 5.41) is 24.4. The van der Waals surface area contributed by atoms with Crippen LogP contribution in [0.15, 0.2) is 66.7 Å². The summed E-state index contributed by atoms with van der Waals surface area (Å²) in [5.41, 5.74) is 0.0703. The molecule has 0 radical (unpaired) electrons. The molecule has 1 aliphatic heterocycles. The van der Waals surface area contributed by atoms with Gasteiger partial charge >= 0.3 is 23.9 Å². The molecule has 3 aliphatic carbocycles. The summed E-state index contributed by atoms with van der Waals surface area (Å²) in [6.45, 7) is 6.80. The summed E-state index contributed by atoms with van der Waals surface area (Å²) in [7, 11) is 1.38. The highest BCUT2D eigenvalue weighted by atomic mass is 16.6. The van der Waals surface area contributed by atoms with Crippen molar-refractivity contribution in [3.8, 4) is 0 Å². The first-order valence-corrected chi connectivity index (χ1v) is 17.0. The van der Waals surface area contributed by atoms with E-state index in [9.17, 15) is 29.4 Å². The molecule has 3 unspecified atom stereocenters. The quantitative estimate of drug-likeness (QED) is 0.167. The fourth-order valence-electron chi connectivity index (χ4n) is 8.75. The first kappa shape index (κ1) is 35.5. The molecule has 0 aromatic carbocycles. The lowest BCUT2D eigenvalue weighted by atomic mass is 9.46. The standard InChI is InChI=1S/C37H44N2O11/c1-18-15-19(2)37(45)23(8-9-24-27-28(29(24)37)30(40)20(3)32(27)50-33(41)25-7-6-12-39-25)16-26(46-5)34(42)49-31(18)21(4)48-36(44)35(43)47-17-22-10-13-38-14-11-22/h6-15,18,20-21,23-24,26-32,39-40,45H,16-17H2,1-5H3/p+1/b19-15+/t18-,20-,21-,23-,24?,26+,27+,28?,29?,30-,31+,32-,37+/m1/s1. The van der Waals surface area contributed by atoms with Gasteiger partial charge in [0.1, 0.15) is 30.6 Å². The normalized spacial score (nSPS) is 37.7. The third-order valence-electron chi connectivity index (χ3n) is 11.3. The molecule has 13 atom stereocenters. The van der Waals surface area contributed by atoms with Crippen LogP contribution in [0.4, 0.5) is 0 Å². The molecule has 2 aromatic heterocycles. The Labute approximate surface area is 290 Å². The number of cyclic esters (lactones) is 1. The molecule has 4 aliphatic rings. The van der Waals surface area contributed by atoms with E-state index in [0.29, 0.717) is 16.8 Å². The molecule has 13 nitrogen and oxygen atoms in total. The number of pyridine rings is 1. The van der Waals surface area contributed by atoms with E-state index >= 15 is 0 Å². The van der Waals surface area contributed by atoms with Crippen molar-refractivity contribution in [1.82, 2.24) is 4.98 Å². The summed E-state index contributed by atoms with van der Waals surface area (Å²) in [4.78, 5) is 57.4. The van der Waals surface area contributed by atoms with Crippen LogP contribution in [0.3, 0.4) is 0 Å². The van der Waals surface area contributed by atoms with Crippen LogP contribution < -0.4 is 4.98 Å². The Morgan fingerprint density at radius 2 is 1.86 bits per heavy atom. The predicted octanol–water partition coefficient (Wildman–Crippen LogP) is 2.35. The van der Waals surface area contributed by atoms with Crippen LogP contribution in [-0.2, 0) is 44.7 Å². The lowest BCUT2D eigenvalue weighted by Crippen LogP contribution is -2.65. The number of carbonyl (C=O) groups excluding carboxylic acids is 4. The summed E-state index contributed by atoms with van der Waals surface area (Å²) < 4.78 is 28.0. The van der Waals surface area contributed by atoms with Gasteiger partial charge in [-0.05, 0) is 49.8 Å². The van der Waals surface area contributed by atoms with E-state index in [0.717, 1.165) is 0 Å². The van der Waals surface area contributed by atoms with Gasteiger partial charge in [-0.1, -0.05) is 32.1 Å². The molecular formula is C37H45N2O11+. The average molecular weight is 694 g/mol. The van der Waals surface area contributed by atoms with E-state index < -0.39 is 77.8 Å². The number of ether oxygens (including phenoxy) is 5. The topological polar surface area (TPSA) is 185 Å². The second kappa shape index (κ2) is 14.1. The zero-order valence-corrected chi connectivity index (χ0v) is 28.7. The highest BCUT2D eigenvalue weighted by molar-refractivity contribution is 6.29. The largest absolute Gasteiger partial charge is 0.457 e. The smallest absolute Gasteiger partial charge is 0.417 e. The van der Waals surface area contributed by atoms with Gasteiger partial charge in [0.15, 0.2) is 18.5 Å². The second-order valence-corrected chi connectivity index (χ2v) is 14.0. The minimum atomic E-state index is -1.51. The summed E-state index contributed by atoms with van der Waals surface area (Å²) >= 11 is 0. The molecule has 3 heterocycles. The summed E-state index contributed by atoms with van der Waals surface area (Å²) in [6.07, 6.45) is 6.09. The number of aliphatic hydroxyl groups is 2. The Kier molecular flexibility index (Phi) is 10.0. The van der Waals surface area contributed by atoms with Crippen molar-refractivity contribution in [3.63, 3.8) is 0 Å². The number of allylic oxidation sites excluding steroid dienone is 1. The van der Waals surface area contributed by atoms with Gasteiger partial charge in [-0.3, -0.25) is 0 Å². The number of nitrogens with one attached hydrogen (secondary N) is 2. The Balaban J connectivity index is 1.24. The maximum atomic E-state index is 13.5. The van der Waals surface area contributed by atoms with Crippen LogP contribution in [-0.4, -0.2) is 82.3 Å². The zero-order valence-electron chi connectivity index (χ0n) is 28.7. The molecule has 50 heavy (non-hydrogen) atoms. The number of aromatic amines is 2. The van der Waals surface area contributed by atoms with E-state index in [1.54, 1.807) is 62.8 Å². The van der Waals surface area contributed by atoms with Gasteiger partial charge in [0.05, 0.1) is 11.7 Å². The van der Waals surface area contributed by atoms with Crippen molar-refractivity contribution in [1.29, 1.82) is 0 Å². The SMILES string of the molecule is CO[C@H]1C[C@H]2C=CC3C(C4[C@H]3[C@H](OC(=O)c3ccc[nH]3)[C@H](C)[C@H]4O)[C@]2(O)/C(C)=C/[C@@H](C)[C@@H]([C@@H](C)OC(=O)C(=O)OCc2cc[nH+]cc2)OC1=O. The second-order valence-electron chi connectivity index (χ2n) is 14.0. The fraction of sp³-hybridized carbons (Fsp3) is 0.541. The fourth-order valence-corrected chi connectivity index (χ4v) is 8.75. The number of aliphatic hydroxyl groups excluding tert-OH is 1. The van der Waals surface area contributed by atoms with Crippen molar-refractivity contribution in [2.75, 3.05) is 7.11 Å². The first-order valence-electron chi connectivity index (χ1n) is 17.0. The number of methoxy groups -OCH3 is 1. The van der Waals surface area contributed by atoms with Gasteiger partial charge in [0.2, 0.25) is 0 Å². The van der Waals surface area contributed by atoms with E-state index in [4.69, 9.17) is 23.7 Å². The molecule has 268 valence electrons. The maximum Gasteiger partial charge on any atom is 0.417 e. The van der Waals surface area contributed by atoms with Crippen molar-refractivity contribution < 1.29 is 58.1 Å². The van der Waals surface area contributed by atoms with Crippen LogP contribution in [0, 0.1) is 41.4 Å². The highest BCUT2D eigenvalue weighted by Gasteiger charge is 2.71. The molecule has 0 amide bonds. The van der Waals surface area contributed by atoms with Crippen LogP contribution in [0.5, 0.6) is 0 Å².